The molecule has 0 radical (unpaired) electrons. The molecule has 1 saturated carbocycles. The van der Waals surface area contributed by atoms with Crippen molar-refractivity contribution in [2.24, 2.45) is 5.92 Å². The van der Waals surface area contributed by atoms with Crippen LogP contribution < -0.4 is 5.32 Å². The minimum atomic E-state index is 0.187. The van der Waals surface area contributed by atoms with Gasteiger partial charge in [-0.15, -0.1) is 11.8 Å². The number of nitrogens with zero attached hydrogens (tertiary/aromatic N) is 1. The van der Waals surface area contributed by atoms with Crippen molar-refractivity contribution in [2.75, 3.05) is 19.6 Å². The third-order valence-electron chi connectivity index (χ3n) is 4.65. The van der Waals surface area contributed by atoms with E-state index in [-0.39, 0.29) is 5.91 Å². The van der Waals surface area contributed by atoms with Gasteiger partial charge in [0.15, 0.2) is 0 Å². The van der Waals surface area contributed by atoms with Crippen LogP contribution in [0.4, 0.5) is 0 Å². The lowest BCUT2D eigenvalue weighted by molar-refractivity contribution is 0.0705. The van der Waals surface area contributed by atoms with Gasteiger partial charge in [0.1, 0.15) is 0 Å². The second kappa shape index (κ2) is 7.71. The summed E-state index contributed by atoms with van der Waals surface area (Å²) in [4.78, 5) is 15.9. The first-order valence-electron chi connectivity index (χ1n) is 8.91. The summed E-state index contributed by atoms with van der Waals surface area (Å²) in [7, 11) is 0. The van der Waals surface area contributed by atoms with E-state index in [9.17, 15) is 4.79 Å². The Morgan fingerprint density at radius 3 is 2.39 bits per heavy atom. The molecule has 0 atom stereocenters. The van der Waals surface area contributed by atoms with Crippen LogP contribution in [0.2, 0.25) is 0 Å². The number of hydrogen-bond acceptors (Lipinski definition) is 3. The van der Waals surface area contributed by atoms with E-state index in [2.05, 4.69) is 31.3 Å². The van der Waals surface area contributed by atoms with E-state index in [0.29, 0.717) is 11.3 Å². The van der Waals surface area contributed by atoms with Crippen molar-refractivity contribution in [3.8, 4) is 0 Å². The molecule has 1 saturated heterocycles. The van der Waals surface area contributed by atoms with Crippen LogP contribution in [0.1, 0.15) is 49.9 Å². The molecule has 4 heteroatoms. The van der Waals surface area contributed by atoms with Gasteiger partial charge >= 0.3 is 0 Å². The zero-order valence-corrected chi connectivity index (χ0v) is 15.1. The number of piperidine rings is 1. The molecule has 2 aliphatic rings. The molecule has 1 N–H and O–H groups in total. The third-order valence-corrected chi connectivity index (χ3v) is 5.66. The van der Waals surface area contributed by atoms with E-state index < -0.39 is 0 Å². The molecule has 1 amide bonds. The number of likely N-dealkylation sites (tertiary alicyclic amines) is 1. The molecular formula is C19H28N2OS. The van der Waals surface area contributed by atoms with E-state index >= 15 is 0 Å². The first-order valence-corrected chi connectivity index (χ1v) is 9.79. The number of nitrogens with one attached hydrogen (secondary N) is 1. The van der Waals surface area contributed by atoms with Gasteiger partial charge in [-0.2, -0.15) is 0 Å². The van der Waals surface area contributed by atoms with Gasteiger partial charge in [-0.25, -0.2) is 0 Å². The maximum atomic E-state index is 12.6. The minimum absolute atomic E-state index is 0.187. The van der Waals surface area contributed by atoms with E-state index in [4.69, 9.17) is 0 Å². The molecule has 1 aliphatic carbocycles. The highest BCUT2D eigenvalue weighted by atomic mass is 32.2. The largest absolute Gasteiger partial charge is 0.339 e. The monoisotopic (exact) mass is 332 g/mol. The second-order valence-corrected chi connectivity index (χ2v) is 8.76. The molecular weight excluding hydrogens is 304 g/mol. The third kappa shape index (κ3) is 4.98. The summed E-state index contributed by atoms with van der Waals surface area (Å²) in [5, 5.41) is 4.24. The van der Waals surface area contributed by atoms with Gasteiger partial charge in [0.05, 0.1) is 0 Å². The number of hydrogen-bond donors (Lipinski definition) is 1. The Kier molecular flexibility index (Phi) is 5.65. The number of thioether (sulfide) groups is 1. The van der Waals surface area contributed by atoms with Gasteiger partial charge in [-0.05, 0) is 62.4 Å². The van der Waals surface area contributed by atoms with Crippen molar-refractivity contribution in [2.45, 2.75) is 55.7 Å². The topological polar surface area (TPSA) is 32.3 Å². The Morgan fingerprint density at radius 2 is 1.83 bits per heavy atom. The number of carbonyl (C=O) groups is 1. The van der Waals surface area contributed by atoms with Crippen LogP contribution in [-0.4, -0.2) is 41.7 Å². The van der Waals surface area contributed by atoms with Crippen LogP contribution in [-0.2, 0) is 0 Å². The van der Waals surface area contributed by atoms with E-state index in [1.807, 2.05) is 28.8 Å². The quantitative estimate of drug-likeness (QED) is 0.805. The molecule has 1 aromatic rings. The summed E-state index contributed by atoms with van der Waals surface area (Å²) in [5.74, 6) is 1.11. The minimum Gasteiger partial charge on any atom is -0.339 e. The molecule has 23 heavy (non-hydrogen) atoms. The van der Waals surface area contributed by atoms with Crippen molar-refractivity contribution in [1.29, 1.82) is 0 Å². The normalized spacial score (nSPS) is 19.3. The van der Waals surface area contributed by atoms with Crippen LogP contribution in [0, 0.1) is 5.92 Å². The molecule has 0 aromatic heterocycles. The van der Waals surface area contributed by atoms with Crippen LogP contribution in [0.25, 0.3) is 0 Å². The average molecular weight is 333 g/mol. The van der Waals surface area contributed by atoms with Gasteiger partial charge in [-0.1, -0.05) is 13.8 Å². The van der Waals surface area contributed by atoms with Crippen LogP contribution in [0.15, 0.2) is 29.2 Å². The number of rotatable bonds is 6. The molecule has 1 heterocycles. The maximum Gasteiger partial charge on any atom is 0.253 e. The highest BCUT2D eigenvalue weighted by Gasteiger charge is 2.26. The number of benzene rings is 1. The Labute approximate surface area is 144 Å². The fourth-order valence-electron chi connectivity index (χ4n) is 3.07. The fourth-order valence-corrected chi connectivity index (χ4v) is 3.91. The summed E-state index contributed by atoms with van der Waals surface area (Å²) in [6.45, 7) is 7.30. The van der Waals surface area contributed by atoms with Gasteiger partial charge in [0.2, 0.25) is 0 Å². The molecule has 3 rings (SSSR count). The first-order chi connectivity index (χ1) is 11.1. The molecule has 3 nitrogen and oxygen atoms in total. The van der Waals surface area contributed by atoms with Crippen molar-refractivity contribution in [3.05, 3.63) is 29.8 Å². The standard InChI is InChI=1S/C19H28N2OS/c1-14(2)23-18-7-5-16(6-8-18)19(22)21-11-9-17(10-12-21)20-13-15-3-4-15/h5-8,14-15,17,20H,3-4,9-13H2,1-2H3. The fraction of sp³-hybridized carbons (Fsp3) is 0.632. The molecule has 2 fully saturated rings. The van der Waals surface area contributed by atoms with Crippen molar-refractivity contribution < 1.29 is 4.79 Å². The maximum absolute atomic E-state index is 12.6. The Hall–Kier alpha value is -1.00. The summed E-state index contributed by atoms with van der Waals surface area (Å²) in [5.41, 5.74) is 0.822. The highest BCUT2D eigenvalue weighted by molar-refractivity contribution is 7.99. The Morgan fingerprint density at radius 1 is 1.17 bits per heavy atom. The molecule has 126 valence electrons. The lowest BCUT2D eigenvalue weighted by Gasteiger charge is -2.32. The van der Waals surface area contributed by atoms with E-state index in [0.717, 1.165) is 37.4 Å². The smallest absolute Gasteiger partial charge is 0.253 e. The predicted octanol–water partition coefficient (Wildman–Crippen LogP) is 3.79. The van der Waals surface area contributed by atoms with Crippen molar-refractivity contribution in [3.63, 3.8) is 0 Å². The summed E-state index contributed by atoms with van der Waals surface area (Å²) >= 11 is 1.83. The van der Waals surface area contributed by atoms with Crippen LogP contribution in [0.5, 0.6) is 0 Å². The molecule has 0 bridgehead atoms. The lowest BCUT2D eigenvalue weighted by atomic mass is 10.0. The zero-order chi connectivity index (χ0) is 16.2. The average Bonchev–Trinajstić information content (AvgIpc) is 3.37. The van der Waals surface area contributed by atoms with Gasteiger partial charge < -0.3 is 10.2 Å². The van der Waals surface area contributed by atoms with Crippen LogP contribution >= 0.6 is 11.8 Å². The zero-order valence-electron chi connectivity index (χ0n) is 14.3. The molecule has 1 aliphatic heterocycles. The highest BCUT2D eigenvalue weighted by Crippen LogP contribution is 2.28. The van der Waals surface area contributed by atoms with Crippen molar-refractivity contribution in [1.82, 2.24) is 10.2 Å². The van der Waals surface area contributed by atoms with Crippen LogP contribution in [0.3, 0.4) is 0 Å². The van der Waals surface area contributed by atoms with E-state index in [1.54, 1.807) is 0 Å². The second-order valence-electron chi connectivity index (χ2n) is 7.11. The van der Waals surface area contributed by atoms with Crippen molar-refractivity contribution >= 4 is 17.7 Å². The Balaban J connectivity index is 1.48. The SMILES string of the molecule is CC(C)Sc1ccc(C(=O)N2CCC(NCC3CC3)CC2)cc1. The number of carbonyl (C=O) groups excluding carboxylic acids is 1. The van der Waals surface area contributed by atoms with E-state index in [1.165, 1.54) is 24.3 Å². The lowest BCUT2D eigenvalue weighted by Crippen LogP contribution is -2.45. The van der Waals surface area contributed by atoms with Gasteiger partial charge in [0, 0.05) is 34.8 Å². The molecule has 1 aromatic carbocycles. The Bertz CT molecular complexity index is 517. The molecule has 0 spiro atoms. The summed E-state index contributed by atoms with van der Waals surface area (Å²) in [6.07, 6.45) is 4.96. The first kappa shape index (κ1) is 16.8. The predicted molar refractivity (Wildman–Crippen MR) is 97.1 cm³/mol. The summed E-state index contributed by atoms with van der Waals surface area (Å²) < 4.78 is 0. The van der Waals surface area contributed by atoms with Gasteiger partial charge in [0.25, 0.3) is 5.91 Å². The summed E-state index contributed by atoms with van der Waals surface area (Å²) in [6, 6.07) is 8.70. The number of amides is 1. The van der Waals surface area contributed by atoms with Gasteiger partial charge in [-0.3, -0.25) is 4.79 Å². The molecule has 0 unspecified atom stereocenters.